The molecule has 1 unspecified atom stereocenters. The minimum atomic E-state index is 0.0705. The van der Waals surface area contributed by atoms with Crippen LogP contribution < -0.4 is 0 Å². The van der Waals surface area contributed by atoms with Crippen molar-refractivity contribution in [2.24, 2.45) is 5.41 Å². The maximum absolute atomic E-state index is 9.59. The quantitative estimate of drug-likeness (QED) is 0.922. The first-order valence-corrected chi connectivity index (χ1v) is 7.63. The molecule has 0 fully saturated rings. The molecule has 3 nitrogen and oxygen atoms in total. The van der Waals surface area contributed by atoms with Gasteiger partial charge in [0.05, 0.1) is 11.6 Å². The summed E-state index contributed by atoms with van der Waals surface area (Å²) in [4.78, 5) is 8.00. The molecule has 1 rings (SSSR count). The second-order valence-electron chi connectivity index (χ2n) is 7.36. The van der Waals surface area contributed by atoms with E-state index in [0.717, 1.165) is 6.54 Å². The van der Waals surface area contributed by atoms with Crippen LogP contribution in [0.4, 0.5) is 0 Å². The van der Waals surface area contributed by atoms with Crippen LogP contribution in [0.15, 0.2) is 6.20 Å². The Labute approximate surface area is 121 Å². The summed E-state index contributed by atoms with van der Waals surface area (Å²) in [5.41, 5.74) is 0.183. The van der Waals surface area contributed by atoms with Crippen molar-refractivity contribution in [3.63, 3.8) is 0 Å². The summed E-state index contributed by atoms with van der Waals surface area (Å²) in [6, 6.07) is 0.160. The zero-order chi connectivity index (χ0) is 14.8. The molecule has 0 radical (unpaired) electrons. The summed E-state index contributed by atoms with van der Waals surface area (Å²) >= 11 is 1.77. The fourth-order valence-electron chi connectivity index (χ4n) is 2.16. The Bertz CT molecular complexity index is 401. The Morgan fingerprint density at radius 2 is 1.84 bits per heavy atom. The zero-order valence-electron chi connectivity index (χ0n) is 13.3. The Hall–Kier alpha value is -0.450. The van der Waals surface area contributed by atoms with E-state index in [1.807, 2.05) is 6.20 Å². The minimum absolute atomic E-state index is 0.0705. The normalized spacial score (nSPS) is 15.0. The maximum Gasteiger partial charge on any atom is 0.0981 e. The number of aliphatic hydroxyl groups excluding tert-OH is 1. The van der Waals surface area contributed by atoms with Crippen molar-refractivity contribution in [3.05, 3.63) is 16.1 Å². The highest BCUT2D eigenvalue weighted by atomic mass is 32.1. The molecule has 1 aromatic rings. The molecule has 0 aliphatic heterocycles. The second kappa shape index (κ2) is 5.90. The third kappa shape index (κ3) is 4.55. The lowest BCUT2D eigenvalue weighted by atomic mass is 9.86. The summed E-state index contributed by atoms with van der Waals surface area (Å²) in [5.74, 6) is 0. The average molecular weight is 284 g/mol. The number of hydrogen-bond donors (Lipinski definition) is 1. The molecule has 0 saturated heterocycles. The van der Waals surface area contributed by atoms with Crippen LogP contribution in [0.2, 0.25) is 0 Å². The van der Waals surface area contributed by atoms with Crippen molar-refractivity contribution >= 4 is 11.3 Å². The molecule has 1 N–H and O–H groups in total. The molecule has 0 aliphatic rings. The van der Waals surface area contributed by atoms with Gasteiger partial charge in [0.2, 0.25) is 0 Å². The van der Waals surface area contributed by atoms with E-state index in [9.17, 15) is 5.11 Å². The van der Waals surface area contributed by atoms with E-state index in [1.54, 1.807) is 11.3 Å². The molecule has 0 aromatic carbocycles. The molecule has 19 heavy (non-hydrogen) atoms. The van der Waals surface area contributed by atoms with Gasteiger partial charge < -0.3 is 5.11 Å². The van der Waals surface area contributed by atoms with Gasteiger partial charge in [-0.2, -0.15) is 0 Å². The van der Waals surface area contributed by atoms with Crippen LogP contribution in [0.5, 0.6) is 0 Å². The number of aromatic nitrogens is 1. The maximum atomic E-state index is 9.59. The molecule has 0 aliphatic carbocycles. The summed E-state index contributed by atoms with van der Waals surface area (Å²) < 4.78 is 0. The average Bonchev–Trinajstić information content (AvgIpc) is 2.63. The van der Waals surface area contributed by atoms with Gasteiger partial charge in [0.25, 0.3) is 0 Å². The van der Waals surface area contributed by atoms with E-state index >= 15 is 0 Å². The van der Waals surface area contributed by atoms with Crippen LogP contribution in [0.25, 0.3) is 0 Å². The Balaban J connectivity index is 2.77. The smallest absolute Gasteiger partial charge is 0.0981 e. The van der Waals surface area contributed by atoms with Crippen molar-refractivity contribution in [1.29, 1.82) is 0 Å². The molecule has 4 heteroatoms. The molecular weight excluding hydrogens is 256 g/mol. The van der Waals surface area contributed by atoms with E-state index in [0.29, 0.717) is 0 Å². The van der Waals surface area contributed by atoms with Crippen molar-refractivity contribution in [2.45, 2.75) is 59.5 Å². The molecule has 110 valence electrons. The molecule has 0 spiro atoms. The topological polar surface area (TPSA) is 36.4 Å². The molecule has 1 atom stereocenters. The van der Waals surface area contributed by atoms with Crippen molar-refractivity contribution in [3.8, 4) is 0 Å². The van der Waals surface area contributed by atoms with Crippen LogP contribution >= 0.6 is 11.3 Å². The summed E-state index contributed by atoms with van der Waals surface area (Å²) in [6.45, 7) is 14.1. The standard InChI is InChI=1S/C15H28N2OS/c1-14(2,3)12(10-18)17(7)9-11-8-16-13(19-11)15(4,5)6/h8,12,18H,9-10H2,1-7H3. The Morgan fingerprint density at radius 1 is 1.26 bits per heavy atom. The molecule has 0 bridgehead atoms. The van der Waals surface area contributed by atoms with E-state index in [1.165, 1.54) is 9.88 Å². The number of hydrogen-bond acceptors (Lipinski definition) is 4. The number of aliphatic hydroxyl groups is 1. The molecular formula is C15H28N2OS. The molecule has 1 aromatic heterocycles. The molecule has 0 amide bonds. The minimum Gasteiger partial charge on any atom is -0.395 e. The van der Waals surface area contributed by atoms with Crippen molar-refractivity contribution < 1.29 is 5.11 Å². The van der Waals surface area contributed by atoms with Crippen LogP contribution in [0.3, 0.4) is 0 Å². The van der Waals surface area contributed by atoms with Gasteiger partial charge in [0.1, 0.15) is 0 Å². The van der Waals surface area contributed by atoms with E-state index in [4.69, 9.17) is 0 Å². The number of likely N-dealkylation sites (N-methyl/N-ethyl adjacent to an activating group) is 1. The predicted molar refractivity (Wildman–Crippen MR) is 82.6 cm³/mol. The number of thiazole rings is 1. The van der Waals surface area contributed by atoms with E-state index in [2.05, 4.69) is 58.5 Å². The number of nitrogens with zero attached hydrogens (tertiary/aromatic N) is 2. The van der Waals surface area contributed by atoms with E-state index in [-0.39, 0.29) is 23.5 Å². The highest BCUT2D eigenvalue weighted by Crippen LogP contribution is 2.29. The van der Waals surface area contributed by atoms with Crippen molar-refractivity contribution in [1.82, 2.24) is 9.88 Å². The Kier molecular flexibility index (Phi) is 5.15. The SMILES string of the molecule is CN(Cc1cnc(C(C)(C)C)s1)C(CO)C(C)(C)C. The van der Waals surface area contributed by atoms with Crippen LogP contribution in [0.1, 0.15) is 51.4 Å². The van der Waals surface area contributed by atoms with Gasteiger partial charge >= 0.3 is 0 Å². The van der Waals surface area contributed by atoms with Gasteiger partial charge in [-0.15, -0.1) is 11.3 Å². The lowest BCUT2D eigenvalue weighted by molar-refractivity contribution is 0.0620. The van der Waals surface area contributed by atoms with E-state index < -0.39 is 0 Å². The lowest BCUT2D eigenvalue weighted by Crippen LogP contribution is -2.43. The highest BCUT2D eigenvalue weighted by molar-refractivity contribution is 7.11. The van der Waals surface area contributed by atoms with Gasteiger partial charge in [0, 0.05) is 29.1 Å². The summed E-state index contributed by atoms with van der Waals surface area (Å²) in [5, 5.41) is 10.8. The predicted octanol–water partition coefficient (Wildman–Crippen LogP) is 3.28. The first-order chi connectivity index (χ1) is 8.55. The molecule has 0 saturated carbocycles. The summed E-state index contributed by atoms with van der Waals surface area (Å²) in [7, 11) is 2.07. The van der Waals surface area contributed by atoms with Gasteiger partial charge in [-0.1, -0.05) is 41.5 Å². The monoisotopic (exact) mass is 284 g/mol. The largest absolute Gasteiger partial charge is 0.395 e. The highest BCUT2D eigenvalue weighted by Gasteiger charge is 2.28. The first-order valence-electron chi connectivity index (χ1n) is 6.82. The van der Waals surface area contributed by atoms with Crippen LogP contribution in [-0.4, -0.2) is 34.7 Å². The Morgan fingerprint density at radius 3 is 2.21 bits per heavy atom. The van der Waals surface area contributed by atoms with Gasteiger partial charge in [-0.25, -0.2) is 4.98 Å². The van der Waals surface area contributed by atoms with Crippen LogP contribution in [-0.2, 0) is 12.0 Å². The van der Waals surface area contributed by atoms with Crippen molar-refractivity contribution in [2.75, 3.05) is 13.7 Å². The third-order valence-corrected chi connectivity index (χ3v) is 4.71. The zero-order valence-corrected chi connectivity index (χ0v) is 14.1. The number of rotatable bonds is 4. The van der Waals surface area contributed by atoms with Gasteiger partial charge in [-0.3, -0.25) is 4.90 Å². The second-order valence-corrected chi connectivity index (χ2v) is 8.48. The van der Waals surface area contributed by atoms with Crippen LogP contribution in [0, 0.1) is 5.41 Å². The summed E-state index contributed by atoms with van der Waals surface area (Å²) in [6.07, 6.45) is 1.97. The fourth-order valence-corrected chi connectivity index (χ4v) is 3.19. The first kappa shape index (κ1) is 16.6. The molecule has 1 heterocycles. The van der Waals surface area contributed by atoms with Gasteiger partial charge in [-0.05, 0) is 12.5 Å². The lowest BCUT2D eigenvalue weighted by Gasteiger charge is -2.36. The third-order valence-electron chi connectivity index (χ3n) is 3.31. The fraction of sp³-hybridized carbons (Fsp3) is 0.800. The van der Waals surface area contributed by atoms with Gasteiger partial charge in [0.15, 0.2) is 0 Å².